The maximum absolute atomic E-state index is 15.3. The van der Waals surface area contributed by atoms with Crippen LogP contribution in [0.25, 0.3) is 10.9 Å². The van der Waals surface area contributed by atoms with E-state index in [0.29, 0.717) is 82.6 Å². The number of carbonyl (C=O) groups excluding carboxylic acids is 3. The molecule has 2 saturated heterocycles. The topological polar surface area (TPSA) is 154 Å². The van der Waals surface area contributed by atoms with Crippen molar-refractivity contribution in [3.8, 4) is 5.75 Å². The standard InChI is InChI=1S/C46H58N4O9/c1-8-42(54)23-28-24-45(40(52)57-6,36-30(15-19-49(25-28)26-42)29-13-10-11-14-33(29)47-36)32-21-31-34(22-35(32)56-5)48(4)38-44(31)17-20-50-18-12-16-43(9-2,37(44)50)39(59-27(3)51)46(38,55)41(53)58-7/h10-14,16,21-22,28,37-39,47,54-55H,8-9,15,17-20,23-26H2,1-7H3/t28-,37+,38-,39+,42+,43-,44-,45+,46+/m1/s1. The molecule has 1 aliphatic carbocycles. The van der Waals surface area contributed by atoms with Crippen LogP contribution in [0, 0.1) is 11.3 Å². The number of para-hydroxylation sites is 1. The Kier molecular flexibility index (Phi) is 9.36. The van der Waals surface area contributed by atoms with E-state index in [2.05, 4.69) is 39.1 Å². The van der Waals surface area contributed by atoms with Gasteiger partial charge in [-0.1, -0.05) is 44.2 Å². The second-order valence-electron chi connectivity index (χ2n) is 18.2. The Balaban J connectivity index is 1.36. The number of hydrogen-bond acceptors (Lipinski definition) is 12. The van der Waals surface area contributed by atoms with E-state index in [4.69, 9.17) is 18.9 Å². The van der Waals surface area contributed by atoms with Gasteiger partial charge in [-0.25, -0.2) is 4.79 Å². The summed E-state index contributed by atoms with van der Waals surface area (Å²) in [6.45, 7) is 8.62. The first-order valence-electron chi connectivity index (χ1n) is 21.2. The van der Waals surface area contributed by atoms with Gasteiger partial charge in [-0.15, -0.1) is 0 Å². The molecule has 2 aromatic carbocycles. The monoisotopic (exact) mass is 810 g/mol. The summed E-state index contributed by atoms with van der Waals surface area (Å²) >= 11 is 0. The van der Waals surface area contributed by atoms with Gasteiger partial charge in [0, 0.05) is 90.9 Å². The van der Waals surface area contributed by atoms with E-state index in [-0.39, 0.29) is 12.0 Å². The number of esters is 3. The molecular weight excluding hydrogens is 753 g/mol. The normalized spacial score (nSPS) is 37.0. The first-order valence-corrected chi connectivity index (χ1v) is 21.2. The number of nitrogens with zero attached hydrogens (tertiary/aromatic N) is 3. The van der Waals surface area contributed by atoms with Crippen molar-refractivity contribution >= 4 is 34.5 Å². The van der Waals surface area contributed by atoms with Crippen LogP contribution in [0.4, 0.5) is 5.69 Å². The van der Waals surface area contributed by atoms with E-state index >= 15 is 4.79 Å². The van der Waals surface area contributed by atoms with Crippen LogP contribution in [0.2, 0.25) is 0 Å². The fourth-order valence-electron chi connectivity index (χ4n) is 13.5. The Labute approximate surface area is 345 Å². The van der Waals surface area contributed by atoms with Gasteiger partial charge in [0.2, 0.25) is 5.60 Å². The van der Waals surface area contributed by atoms with Crippen molar-refractivity contribution in [3.63, 3.8) is 0 Å². The zero-order chi connectivity index (χ0) is 41.9. The van der Waals surface area contributed by atoms with Crippen LogP contribution in [0.3, 0.4) is 0 Å². The van der Waals surface area contributed by atoms with E-state index in [1.807, 2.05) is 50.1 Å². The van der Waals surface area contributed by atoms with E-state index in [9.17, 15) is 19.8 Å². The number of hydrogen-bond donors (Lipinski definition) is 3. The first-order chi connectivity index (χ1) is 28.2. The lowest BCUT2D eigenvalue weighted by Crippen LogP contribution is -2.81. The lowest BCUT2D eigenvalue weighted by Gasteiger charge is -2.63. The first kappa shape index (κ1) is 40.0. The van der Waals surface area contributed by atoms with Crippen molar-refractivity contribution in [2.45, 2.75) is 99.5 Å². The van der Waals surface area contributed by atoms with Gasteiger partial charge in [0.15, 0.2) is 6.10 Å². The van der Waals surface area contributed by atoms with Crippen molar-refractivity contribution in [1.82, 2.24) is 14.8 Å². The van der Waals surface area contributed by atoms with Crippen LogP contribution >= 0.6 is 0 Å². The van der Waals surface area contributed by atoms with Crippen LogP contribution in [0.5, 0.6) is 5.75 Å². The number of methoxy groups -OCH3 is 3. The summed E-state index contributed by atoms with van der Waals surface area (Å²) < 4.78 is 23.9. The predicted octanol–water partition coefficient (Wildman–Crippen LogP) is 3.99. The molecule has 10 atom stereocenters. The number of anilines is 1. The number of benzene rings is 2. The largest absolute Gasteiger partial charge is 0.496 e. The number of aromatic nitrogens is 1. The highest BCUT2D eigenvalue weighted by Gasteiger charge is 2.80. The van der Waals surface area contributed by atoms with E-state index in [1.165, 1.54) is 21.1 Å². The Morgan fingerprint density at radius 1 is 0.949 bits per heavy atom. The van der Waals surface area contributed by atoms with Crippen LogP contribution < -0.4 is 9.64 Å². The van der Waals surface area contributed by atoms with Crippen LogP contribution in [0.1, 0.15) is 75.3 Å². The third kappa shape index (κ3) is 5.20. The summed E-state index contributed by atoms with van der Waals surface area (Å²) in [4.78, 5) is 53.2. The second kappa shape index (κ2) is 13.8. The molecule has 2 bridgehead atoms. The molecule has 1 saturated carbocycles. The molecule has 59 heavy (non-hydrogen) atoms. The average molecular weight is 811 g/mol. The van der Waals surface area contributed by atoms with Gasteiger partial charge in [0.25, 0.3) is 0 Å². The molecular formula is C46H58N4O9. The number of likely N-dealkylation sites (N-methyl/N-ethyl adjacent to an activating group) is 1. The fourth-order valence-corrected chi connectivity index (χ4v) is 13.5. The van der Waals surface area contributed by atoms with Gasteiger partial charge in [-0.05, 0) is 74.2 Å². The van der Waals surface area contributed by atoms with Gasteiger partial charge in [-0.3, -0.25) is 19.4 Å². The number of piperidine rings is 1. The lowest BCUT2D eigenvalue weighted by molar-refractivity contribution is -0.228. The van der Waals surface area contributed by atoms with Gasteiger partial charge in [0.05, 0.1) is 33.0 Å². The Morgan fingerprint density at radius 3 is 2.41 bits per heavy atom. The molecule has 1 aromatic heterocycles. The molecule has 0 radical (unpaired) electrons. The summed E-state index contributed by atoms with van der Waals surface area (Å²) in [5, 5.41) is 26.3. The smallest absolute Gasteiger partial charge is 0.344 e. The summed E-state index contributed by atoms with van der Waals surface area (Å²) in [5.41, 5.74) is -1.62. The number of aromatic amines is 1. The molecule has 6 heterocycles. The highest BCUT2D eigenvalue weighted by atomic mass is 16.6. The number of aliphatic hydroxyl groups is 2. The minimum Gasteiger partial charge on any atom is -0.496 e. The van der Waals surface area contributed by atoms with Gasteiger partial charge in [0.1, 0.15) is 11.2 Å². The molecule has 9 rings (SSSR count). The summed E-state index contributed by atoms with van der Waals surface area (Å²) in [7, 11) is 6.15. The highest BCUT2D eigenvalue weighted by molar-refractivity contribution is 5.95. The van der Waals surface area contributed by atoms with E-state index < -0.39 is 57.5 Å². The zero-order valence-electron chi connectivity index (χ0n) is 35.3. The number of carbonyl (C=O) groups is 3. The summed E-state index contributed by atoms with van der Waals surface area (Å²) in [5.74, 6) is -1.56. The van der Waals surface area contributed by atoms with Crippen molar-refractivity contribution in [2.24, 2.45) is 11.3 Å². The third-order valence-electron chi connectivity index (χ3n) is 15.6. The second-order valence-corrected chi connectivity index (χ2v) is 18.2. The SMILES string of the molecule is CC[C@]1(O)C[C@H]2CN(CCc3c([nH]c4ccccc34)[C@@](C(=O)OC)(c3cc4c(cc3OC)N(C)[C@H]3[C@@](O)(C(=O)OC)[C@@H](OC(C)=O)[C@]5(CC)C=CCN6CC[C@]43[C@@H]65)C2)C1. The maximum atomic E-state index is 15.3. The summed E-state index contributed by atoms with van der Waals surface area (Å²) in [6, 6.07) is 11.0. The van der Waals surface area contributed by atoms with Crippen LogP contribution in [-0.4, -0.2) is 133 Å². The van der Waals surface area contributed by atoms with Gasteiger partial charge < -0.3 is 39.0 Å². The van der Waals surface area contributed by atoms with Gasteiger partial charge in [-0.2, -0.15) is 0 Å². The molecule has 13 nitrogen and oxygen atoms in total. The third-order valence-corrected chi connectivity index (χ3v) is 15.6. The Hall–Kier alpha value is -4.43. The summed E-state index contributed by atoms with van der Waals surface area (Å²) in [6.07, 6.45) is 5.94. The molecule has 3 fully saturated rings. The van der Waals surface area contributed by atoms with Crippen molar-refractivity contribution in [2.75, 3.05) is 66.0 Å². The molecule has 13 heteroatoms. The number of ether oxygens (including phenoxy) is 4. The van der Waals surface area contributed by atoms with Gasteiger partial charge >= 0.3 is 17.9 Å². The predicted molar refractivity (Wildman–Crippen MR) is 220 cm³/mol. The molecule has 6 aliphatic rings. The number of fused-ring (bicyclic) bond motifs is 6. The highest BCUT2D eigenvalue weighted by Crippen LogP contribution is 2.68. The number of nitrogens with one attached hydrogen (secondary N) is 1. The molecule has 0 amide bonds. The lowest BCUT2D eigenvalue weighted by atomic mass is 9.47. The molecule has 3 aromatic rings. The minimum atomic E-state index is -2.30. The number of rotatable bonds is 7. The van der Waals surface area contributed by atoms with Crippen molar-refractivity contribution in [1.29, 1.82) is 0 Å². The fraction of sp³-hybridized carbons (Fsp3) is 0.587. The van der Waals surface area contributed by atoms with Crippen LogP contribution in [-0.2, 0) is 45.8 Å². The quantitative estimate of drug-likeness (QED) is 0.180. The van der Waals surface area contributed by atoms with E-state index in [1.54, 1.807) is 7.11 Å². The van der Waals surface area contributed by atoms with Crippen LogP contribution in [0.15, 0.2) is 48.6 Å². The average Bonchev–Trinajstić information content (AvgIpc) is 3.90. The minimum absolute atomic E-state index is 0.0986. The molecule has 1 spiro atoms. The molecule has 5 aliphatic heterocycles. The molecule has 316 valence electrons. The number of H-pyrrole nitrogens is 1. The van der Waals surface area contributed by atoms with Crippen molar-refractivity contribution in [3.05, 3.63) is 70.9 Å². The van der Waals surface area contributed by atoms with E-state index in [0.717, 1.165) is 33.4 Å². The maximum Gasteiger partial charge on any atom is 0.344 e. The van der Waals surface area contributed by atoms with Crippen molar-refractivity contribution < 1.29 is 43.5 Å². The Morgan fingerprint density at radius 2 is 1.71 bits per heavy atom. The Bertz CT molecular complexity index is 2260. The molecule has 3 N–H and O–H groups in total. The zero-order valence-corrected chi connectivity index (χ0v) is 35.3. The molecule has 1 unspecified atom stereocenters.